The summed E-state index contributed by atoms with van der Waals surface area (Å²) >= 11 is 0. The minimum Gasteiger partial charge on any atom is -0.348 e. The fraction of sp³-hybridized carbons (Fsp3) is 0.278. The Morgan fingerprint density at radius 1 is 1.12 bits per heavy atom. The number of benzene rings is 2. The first-order chi connectivity index (χ1) is 11.3. The predicted molar refractivity (Wildman–Crippen MR) is 96.4 cm³/mol. The number of nitrogens with zero attached hydrogens (tertiary/aromatic N) is 1. The monoisotopic (exact) mass is 346 g/mol. The summed E-state index contributed by atoms with van der Waals surface area (Å²) < 4.78 is 25.3. The van der Waals surface area contributed by atoms with Crippen molar-refractivity contribution in [3.05, 3.63) is 65.7 Å². The Morgan fingerprint density at radius 2 is 1.79 bits per heavy atom. The second-order valence-electron chi connectivity index (χ2n) is 5.81. The van der Waals surface area contributed by atoms with Gasteiger partial charge in [-0.15, -0.1) is 0 Å². The molecule has 0 spiro atoms. The number of sulfonamides is 1. The van der Waals surface area contributed by atoms with Crippen LogP contribution >= 0.6 is 0 Å². The highest BCUT2D eigenvalue weighted by Gasteiger charge is 2.21. The SMILES string of the molecule is Cc1cccc(N(CC(=O)NC(C)c2ccccc2)S(C)(=O)=O)c1. The highest BCUT2D eigenvalue weighted by Crippen LogP contribution is 2.19. The van der Waals surface area contributed by atoms with E-state index >= 15 is 0 Å². The van der Waals surface area contributed by atoms with E-state index in [2.05, 4.69) is 5.32 Å². The number of carbonyl (C=O) groups excluding carboxylic acids is 1. The van der Waals surface area contributed by atoms with Crippen LogP contribution in [0.3, 0.4) is 0 Å². The van der Waals surface area contributed by atoms with Gasteiger partial charge in [0.25, 0.3) is 0 Å². The number of anilines is 1. The van der Waals surface area contributed by atoms with E-state index in [0.29, 0.717) is 5.69 Å². The molecule has 24 heavy (non-hydrogen) atoms. The minimum absolute atomic E-state index is 0.197. The third-order valence-electron chi connectivity index (χ3n) is 3.65. The van der Waals surface area contributed by atoms with Gasteiger partial charge in [-0.3, -0.25) is 9.10 Å². The van der Waals surface area contributed by atoms with Gasteiger partial charge in [-0.05, 0) is 37.1 Å². The van der Waals surface area contributed by atoms with E-state index in [0.717, 1.165) is 21.7 Å². The first-order valence-electron chi connectivity index (χ1n) is 7.66. The molecule has 2 rings (SSSR count). The molecule has 1 N–H and O–H groups in total. The van der Waals surface area contributed by atoms with Gasteiger partial charge in [0, 0.05) is 0 Å². The Bertz CT molecular complexity index is 804. The molecule has 1 amide bonds. The van der Waals surface area contributed by atoms with Crippen molar-refractivity contribution in [2.24, 2.45) is 0 Å². The van der Waals surface area contributed by atoms with Gasteiger partial charge in [0.2, 0.25) is 15.9 Å². The van der Waals surface area contributed by atoms with Gasteiger partial charge in [-0.1, -0.05) is 42.5 Å². The molecule has 2 aromatic carbocycles. The highest BCUT2D eigenvalue weighted by molar-refractivity contribution is 7.92. The lowest BCUT2D eigenvalue weighted by Crippen LogP contribution is -2.41. The summed E-state index contributed by atoms with van der Waals surface area (Å²) in [6.07, 6.45) is 1.10. The molecule has 0 saturated carbocycles. The van der Waals surface area contributed by atoms with Crippen molar-refractivity contribution in [2.45, 2.75) is 19.9 Å². The van der Waals surface area contributed by atoms with Crippen LogP contribution in [0.5, 0.6) is 0 Å². The van der Waals surface area contributed by atoms with Gasteiger partial charge in [0.15, 0.2) is 0 Å². The molecular weight excluding hydrogens is 324 g/mol. The van der Waals surface area contributed by atoms with Crippen molar-refractivity contribution in [1.82, 2.24) is 5.32 Å². The normalized spacial score (nSPS) is 12.5. The predicted octanol–water partition coefficient (Wildman–Crippen LogP) is 2.64. The molecule has 2 aromatic rings. The lowest BCUT2D eigenvalue weighted by atomic mass is 10.1. The number of nitrogens with one attached hydrogen (secondary N) is 1. The number of aryl methyl sites for hydroxylation is 1. The average molecular weight is 346 g/mol. The van der Waals surface area contributed by atoms with Crippen molar-refractivity contribution >= 4 is 21.6 Å². The molecule has 6 heteroatoms. The highest BCUT2D eigenvalue weighted by atomic mass is 32.2. The first kappa shape index (κ1) is 18.0. The Balaban J connectivity index is 2.14. The van der Waals surface area contributed by atoms with Gasteiger partial charge >= 0.3 is 0 Å². The van der Waals surface area contributed by atoms with Crippen LogP contribution in [0.25, 0.3) is 0 Å². The molecular formula is C18H22N2O3S. The molecule has 128 valence electrons. The van der Waals surface area contributed by atoms with Crippen molar-refractivity contribution in [1.29, 1.82) is 0 Å². The number of carbonyl (C=O) groups is 1. The second-order valence-corrected chi connectivity index (χ2v) is 7.72. The van der Waals surface area contributed by atoms with E-state index in [9.17, 15) is 13.2 Å². The fourth-order valence-corrected chi connectivity index (χ4v) is 3.27. The molecule has 0 aromatic heterocycles. The number of hydrogen-bond donors (Lipinski definition) is 1. The van der Waals surface area contributed by atoms with Gasteiger partial charge in [-0.2, -0.15) is 0 Å². The summed E-state index contributed by atoms with van der Waals surface area (Å²) in [5.41, 5.74) is 2.38. The lowest BCUT2D eigenvalue weighted by Gasteiger charge is -2.23. The molecule has 1 unspecified atom stereocenters. The second kappa shape index (κ2) is 7.49. The van der Waals surface area contributed by atoms with Gasteiger partial charge < -0.3 is 5.32 Å². The van der Waals surface area contributed by atoms with Crippen molar-refractivity contribution in [3.8, 4) is 0 Å². The smallest absolute Gasteiger partial charge is 0.241 e. The first-order valence-corrected chi connectivity index (χ1v) is 9.51. The summed E-state index contributed by atoms with van der Waals surface area (Å²) in [6.45, 7) is 3.49. The number of hydrogen-bond acceptors (Lipinski definition) is 3. The third kappa shape index (κ3) is 4.83. The number of rotatable bonds is 6. The molecule has 0 radical (unpaired) electrons. The van der Waals surface area contributed by atoms with Crippen LogP contribution in [0, 0.1) is 6.92 Å². The minimum atomic E-state index is -3.56. The van der Waals surface area contributed by atoms with Crippen LogP contribution < -0.4 is 9.62 Å². The molecule has 0 fully saturated rings. The summed E-state index contributed by atoms with van der Waals surface area (Å²) in [5.74, 6) is -0.349. The van der Waals surface area contributed by atoms with Crippen LogP contribution in [-0.4, -0.2) is 27.1 Å². The van der Waals surface area contributed by atoms with Crippen LogP contribution in [0.4, 0.5) is 5.69 Å². The Morgan fingerprint density at radius 3 is 2.38 bits per heavy atom. The zero-order valence-electron chi connectivity index (χ0n) is 14.1. The Labute approximate surface area is 143 Å². The zero-order valence-corrected chi connectivity index (χ0v) is 14.9. The van der Waals surface area contributed by atoms with Crippen molar-refractivity contribution in [2.75, 3.05) is 17.1 Å². The third-order valence-corrected chi connectivity index (χ3v) is 4.79. The fourth-order valence-electron chi connectivity index (χ4n) is 2.43. The molecule has 0 heterocycles. The Kier molecular flexibility index (Phi) is 5.62. The summed E-state index contributed by atoms with van der Waals surface area (Å²) in [6, 6.07) is 16.4. The molecule has 0 aliphatic rings. The van der Waals surface area contributed by atoms with Gasteiger partial charge in [0.05, 0.1) is 18.0 Å². The largest absolute Gasteiger partial charge is 0.348 e. The molecule has 0 bridgehead atoms. The van der Waals surface area contributed by atoms with Crippen molar-refractivity contribution in [3.63, 3.8) is 0 Å². The van der Waals surface area contributed by atoms with Crippen LogP contribution in [0.15, 0.2) is 54.6 Å². The van der Waals surface area contributed by atoms with E-state index in [4.69, 9.17) is 0 Å². The molecule has 0 aliphatic carbocycles. The van der Waals surface area contributed by atoms with Gasteiger partial charge in [-0.25, -0.2) is 8.42 Å². The molecule has 0 saturated heterocycles. The van der Waals surface area contributed by atoms with E-state index in [1.54, 1.807) is 18.2 Å². The average Bonchev–Trinajstić information content (AvgIpc) is 2.52. The van der Waals surface area contributed by atoms with E-state index in [1.165, 1.54) is 0 Å². The molecule has 0 aliphatic heterocycles. The zero-order chi connectivity index (χ0) is 17.7. The quantitative estimate of drug-likeness (QED) is 0.874. The molecule has 1 atom stereocenters. The van der Waals surface area contributed by atoms with Crippen LogP contribution in [0.1, 0.15) is 24.1 Å². The molecule has 5 nitrogen and oxygen atoms in total. The number of amides is 1. The van der Waals surface area contributed by atoms with Crippen LogP contribution in [0.2, 0.25) is 0 Å². The Hall–Kier alpha value is -2.34. The summed E-state index contributed by atoms with van der Waals surface area (Å²) in [7, 11) is -3.56. The lowest BCUT2D eigenvalue weighted by molar-refractivity contribution is -0.120. The van der Waals surface area contributed by atoms with E-state index in [-0.39, 0.29) is 18.5 Å². The topological polar surface area (TPSA) is 66.5 Å². The maximum Gasteiger partial charge on any atom is 0.241 e. The van der Waals surface area contributed by atoms with E-state index in [1.807, 2.05) is 50.2 Å². The maximum atomic E-state index is 12.3. The van der Waals surface area contributed by atoms with E-state index < -0.39 is 10.0 Å². The maximum absolute atomic E-state index is 12.3. The van der Waals surface area contributed by atoms with Crippen molar-refractivity contribution < 1.29 is 13.2 Å². The van der Waals surface area contributed by atoms with Gasteiger partial charge in [0.1, 0.15) is 6.54 Å². The standard InChI is InChI=1S/C18H22N2O3S/c1-14-8-7-11-17(12-14)20(24(3,22)23)13-18(21)19-15(2)16-9-5-4-6-10-16/h4-12,15H,13H2,1-3H3,(H,19,21). The van der Waals surface area contributed by atoms with Crippen LogP contribution in [-0.2, 0) is 14.8 Å². The summed E-state index contributed by atoms with van der Waals surface area (Å²) in [5, 5.41) is 2.84. The summed E-state index contributed by atoms with van der Waals surface area (Å²) in [4.78, 5) is 12.3.